The highest BCUT2D eigenvalue weighted by molar-refractivity contribution is 5.92. The van der Waals surface area contributed by atoms with Gasteiger partial charge in [-0.1, -0.05) is 37.3 Å². The third-order valence-electron chi connectivity index (χ3n) is 6.96. The van der Waals surface area contributed by atoms with Crippen molar-refractivity contribution >= 4 is 5.91 Å². The van der Waals surface area contributed by atoms with E-state index in [2.05, 4.69) is 46.7 Å². The maximum absolute atomic E-state index is 13.0. The molecule has 1 spiro atoms. The number of carbonyl (C=O) groups excluding carboxylic acids is 1. The van der Waals surface area contributed by atoms with E-state index in [9.17, 15) is 4.79 Å². The molecule has 6 heteroatoms. The molecule has 0 bridgehead atoms. The van der Waals surface area contributed by atoms with Gasteiger partial charge in [-0.2, -0.15) is 0 Å². The van der Waals surface area contributed by atoms with Gasteiger partial charge in [-0.3, -0.25) is 9.69 Å². The Morgan fingerprint density at radius 1 is 1.03 bits per heavy atom. The van der Waals surface area contributed by atoms with Gasteiger partial charge in [-0.15, -0.1) is 0 Å². The standard InChI is InChI=1S/C24H29N5O/c1-3-28-16-17-29-21(19-8-5-4-6-9-19)18-25-23(29)24(28)11-14-27(15-12-24)22(30)20-10-7-13-26(20)2/h4-10,13,18H,3,11-12,14-17H2,1-2H3. The van der Waals surface area contributed by atoms with E-state index in [1.807, 2.05) is 41.0 Å². The first kappa shape index (κ1) is 19.1. The number of hydrogen-bond donors (Lipinski definition) is 0. The number of likely N-dealkylation sites (N-methyl/N-ethyl adjacent to an activating group) is 1. The highest BCUT2D eigenvalue weighted by Gasteiger charge is 2.47. The van der Waals surface area contributed by atoms with Gasteiger partial charge < -0.3 is 14.0 Å². The summed E-state index contributed by atoms with van der Waals surface area (Å²) in [5.41, 5.74) is 3.08. The molecule has 0 atom stereocenters. The fourth-order valence-corrected chi connectivity index (χ4v) is 5.31. The predicted molar refractivity (Wildman–Crippen MR) is 117 cm³/mol. The summed E-state index contributed by atoms with van der Waals surface area (Å²) in [6.45, 7) is 6.73. The summed E-state index contributed by atoms with van der Waals surface area (Å²) in [7, 11) is 1.93. The van der Waals surface area contributed by atoms with Gasteiger partial charge >= 0.3 is 0 Å². The number of amides is 1. The molecule has 30 heavy (non-hydrogen) atoms. The molecule has 2 aromatic heterocycles. The van der Waals surface area contributed by atoms with E-state index in [4.69, 9.17) is 4.98 Å². The summed E-state index contributed by atoms with van der Waals surface area (Å²) in [4.78, 5) is 22.6. The molecule has 1 amide bonds. The summed E-state index contributed by atoms with van der Waals surface area (Å²) >= 11 is 0. The minimum absolute atomic E-state index is 0.0922. The minimum atomic E-state index is -0.0922. The van der Waals surface area contributed by atoms with Crippen LogP contribution >= 0.6 is 0 Å². The Kier molecular flexibility index (Phi) is 4.74. The van der Waals surface area contributed by atoms with Gasteiger partial charge in [-0.05, 0) is 37.1 Å². The summed E-state index contributed by atoms with van der Waals surface area (Å²) in [6.07, 6.45) is 5.80. The normalized spacial score (nSPS) is 18.5. The van der Waals surface area contributed by atoms with Crippen molar-refractivity contribution in [1.29, 1.82) is 0 Å². The largest absolute Gasteiger partial charge is 0.347 e. The molecule has 3 aromatic rings. The van der Waals surface area contributed by atoms with Crippen molar-refractivity contribution < 1.29 is 4.79 Å². The quantitative estimate of drug-likeness (QED) is 0.674. The fraction of sp³-hybridized carbons (Fsp3) is 0.417. The molecule has 0 radical (unpaired) electrons. The van der Waals surface area contributed by atoms with Crippen molar-refractivity contribution in [3.8, 4) is 11.3 Å². The lowest BCUT2D eigenvalue weighted by Crippen LogP contribution is -2.58. The van der Waals surface area contributed by atoms with Crippen molar-refractivity contribution in [2.75, 3.05) is 26.2 Å². The van der Waals surface area contributed by atoms with Crippen LogP contribution in [0.1, 0.15) is 36.1 Å². The molecule has 2 aliphatic heterocycles. The molecule has 5 rings (SSSR count). The number of fused-ring (bicyclic) bond motifs is 2. The van der Waals surface area contributed by atoms with E-state index in [1.165, 1.54) is 17.1 Å². The van der Waals surface area contributed by atoms with Crippen molar-refractivity contribution in [3.05, 3.63) is 66.4 Å². The number of hydrogen-bond acceptors (Lipinski definition) is 3. The van der Waals surface area contributed by atoms with Crippen LogP contribution in [0.3, 0.4) is 0 Å². The second kappa shape index (κ2) is 7.43. The second-order valence-electron chi connectivity index (χ2n) is 8.39. The van der Waals surface area contributed by atoms with E-state index >= 15 is 0 Å². The van der Waals surface area contributed by atoms with Crippen LogP contribution in [0.25, 0.3) is 11.3 Å². The van der Waals surface area contributed by atoms with Crippen LogP contribution in [0, 0.1) is 0 Å². The number of likely N-dealkylation sites (tertiary alicyclic amines) is 1. The summed E-state index contributed by atoms with van der Waals surface area (Å²) in [6, 6.07) is 14.4. The smallest absolute Gasteiger partial charge is 0.270 e. The Hall–Kier alpha value is -2.86. The van der Waals surface area contributed by atoms with Gasteiger partial charge in [0.1, 0.15) is 11.5 Å². The maximum Gasteiger partial charge on any atom is 0.270 e. The average molecular weight is 404 g/mol. The highest BCUT2D eigenvalue weighted by Crippen LogP contribution is 2.42. The molecule has 0 unspecified atom stereocenters. The Balaban J connectivity index is 1.45. The fourth-order valence-electron chi connectivity index (χ4n) is 5.31. The van der Waals surface area contributed by atoms with Gasteiger partial charge in [0.15, 0.2) is 0 Å². The first-order chi connectivity index (χ1) is 14.6. The van der Waals surface area contributed by atoms with Gasteiger partial charge in [0.05, 0.1) is 17.4 Å². The lowest BCUT2D eigenvalue weighted by molar-refractivity contribution is -0.00336. The average Bonchev–Trinajstić information content (AvgIpc) is 3.41. The molecule has 156 valence electrons. The summed E-state index contributed by atoms with van der Waals surface area (Å²) in [5, 5.41) is 0. The summed E-state index contributed by atoms with van der Waals surface area (Å²) < 4.78 is 4.32. The number of benzene rings is 1. The number of nitrogens with zero attached hydrogens (tertiary/aromatic N) is 5. The highest BCUT2D eigenvalue weighted by atomic mass is 16.2. The van der Waals surface area contributed by atoms with E-state index < -0.39 is 0 Å². The van der Waals surface area contributed by atoms with Crippen molar-refractivity contribution in [2.24, 2.45) is 7.05 Å². The van der Waals surface area contributed by atoms with Crippen molar-refractivity contribution in [2.45, 2.75) is 31.8 Å². The Bertz CT molecular complexity index is 1040. The van der Waals surface area contributed by atoms with Crippen LogP contribution in [0.5, 0.6) is 0 Å². The van der Waals surface area contributed by atoms with Gasteiger partial charge in [0.2, 0.25) is 0 Å². The van der Waals surface area contributed by atoms with E-state index in [0.29, 0.717) is 0 Å². The lowest BCUT2D eigenvalue weighted by atomic mass is 9.83. The van der Waals surface area contributed by atoms with E-state index in [-0.39, 0.29) is 11.4 Å². The van der Waals surface area contributed by atoms with Crippen LogP contribution in [-0.4, -0.2) is 56.0 Å². The van der Waals surface area contributed by atoms with E-state index in [1.54, 1.807) is 0 Å². The van der Waals surface area contributed by atoms with Gasteiger partial charge in [0, 0.05) is 39.4 Å². The molecule has 2 aliphatic rings. The van der Waals surface area contributed by atoms with Crippen molar-refractivity contribution in [3.63, 3.8) is 0 Å². The van der Waals surface area contributed by atoms with Crippen LogP contribution in [0.4, 0.5) is 0 Å². The summed E-state index contributed by atoms with van der Waals surface area (Å²) in [5.74, 6) is 1.30. The van der Waals surface area contributed by atoms with Gasteiger partial charge in [-0.25, -0.2) is 4.98 Å². The first-order valence-corrected chi connectivity index (χ1v) is 10.9. The Morgan fingerprint density at radius 2 is 1.80 bits per heavy atom. The number of rotatable bonds is 3. The van der Waals surface area contributed by atoms with Gasteiger partial charge in [0.25, 0.3) is 5.91 Å². The van der Waals surface area contributed by atoms with E-state index in [0.717, 1.165) is 51.3 Å². The SMILES string of the molecule is CCN1CCn2c(-c3ccccc3)cnc2C12CCN(C(=O)c1cccn1C)CC2. The first-order valence-electron chi connectivity index (χ1n) is 10.9. The minimum Gasteiger partial charge on any atom is -0.347 e. The molecular formula is C24H29N5O. The lowest BCUT2D eigenvalue weighted by Gasteiger charge is -2.50. The van der Waals surface area contributed by atoms with Crippen LogP contribution in [-0.2, 0) is 19.1 Å². The number of piperidine rings is 1. The zero-order valence-electron chi connectivity index (χ0n) is 17.8. The number of aryl methyl sites for hydroxylation is 1. The number of carbonyl (C=O) groups is 1. The van der Waals surface area contributed by atoms with Crippen LogP contribution in [0.2, 0.25) is 0 Å². The zero-order chi connectivity index (χ0) is 20.7. The molecule has 0 saturated carbocycles. The molecular weight excluding hydrogens is 374 g/mol. The molecule has 1 fully saturated rings. The third kappa shape index (κ3) is 2.89. The predicted octanol–water partition coefficient (Wildman–Crippen LogP) is 3.36. The molecule has 6 nitrogen and oxygen atoms in total. The second-order valence-corrected chi connectivity index (χ2v) is 8.39. The van der Waals surface area contributed by atoms with Crippen LogP contribution in [0.15, 0.2) is 54.9 Å². The molecule has 0 aliphatic carbocycles. The van der Waals surface area contributed by atoms with Crippen molar-refractivity contribution in [1.82, 2.24) is 23.9 Å². The molecule has 1 saturated heterocycles. The number of aromatic nitrogens is 3. The molecule has 4 heterocycles. The monoisotopic (exact) mass is 403 g/mol. The Morgan fingerprint density at radius 3 is 2.47 bits per heavy atom. The molecule has 0 N–H and O–H groups in total. The third-order valence-corrected chi connectivity index (χ3v) is 6.96. The Labute approximate surface area is 177 Å². The number of imidazole rings is 1. The zero-order valence-corrected chi connectivity index (χ0v) is 17.8. The molecule has 1 aromatic carbocycles. The van der Waals surface area contributed by atoms with Crippen LogP contribution < -0.4 is 0 Å². The topological polar surface area (TPSA) is 46.3 Å². The maximum atomic E-state index is 13.0.